The van der Waals surface area contributed by atoms with Gasteiger partial charge in [0.05, 0.1) is 0 Å². The first-order chi connectivity index (χ1) is 8.16. The van der Waals surface area contributed by atoms with Gasteiger partial charge in [-0.3, -0.25) is 0 Å². The number of nitrogens with two attached hydrogens (primary N) is 1. The molecule has 0 spiro atoms. The third-order valence-electron chi connectivity index (χ3n) is 1.76. The molecule has 0 aromatic carbocycles. The van der Waals surface area contributed by atoms with Crippen molar-refractivity contribution < 1.29 is 9.66 Å². The number of anilines is 1. The molecule has 8 nitrogen and oxygen atoms in total. The summed E-state index contributed by atoms with van der Waals surface area (Å²) in [5.41, 5.74) is 5.39. The van der Waals surface area contributed by atoms with Crippen LogP contribution in [0.4, 0.5) is 10.9 Å². The van der Waals surface area contributed by atoms with Gasteiger partial charge in [0.15, 0.2) is 5.01 Å². The number of nitrogens with zero attached hydrogens (tertiary/aromatic N) is 4. The first-order valence-corrected chi connectivity index (χ1v) is 5.28. The SMILES string of the molecule is Nc1nnc(COc2cccnc2[N+](=O)[O-])s1. The molecule has 0 aliphatic rings. The van der Waals surface area contributed by atoms with E-state index in [9.17, 15) is 10.1 Å². The topological polar surface area (TPSA) is 117 Å². The van der Waals surface area contributed by atoms with Gasteiger partial charge in [0.2, 0.25) is 10.9 Å². The van der Waals surface area contributed by atoms with E-state index in [1.165, 1.54) is 12.3 Å². The van der Waals surface area contributed by atoms with E-state index < -0.39 is 4.92 Å². The number of rotatable bonds is 4. The van der Waals surface area contributed by atoms with Crippen LogP contribution in [0.25, 0.3) is 0 Å². The Hall–Kier alpha value is -2.29. The summed E-state index contributed by atoms with van der Waals surface area (Å²) in [5, 5.41) is 18.9. The van der Waals surface area contributed by atoms with Gasteiger partial charge < -0.3 is 20.6 Å². The van der Waals surface area contributed by atoms with E-state index in [1.807, 2.05) is 0 Å². The Morgan fingerprint density at radius 3 is 3.00 bits per heavy atom. The minimum Gasteiger partial charge on any atom is -0.478 e. The first kappa shape index (κ1) is 11.2. The Morgan fingerprint density at radius 2 is 2.35 bits per heavy atom. The van der Waals surface area contributed by atoms with Crippen LogP contribution in [0.5, 0.6) is 5.75 Å². The molecular formula is C8H7N5O3S. The first-order valence-electron chi connectivity index (χ1n) is 4.47. The molecule has 0 aliphatic heterocycles. The van der Waals surface area contributed by atoms with Gasteiger partial charge >= 0.3 is 5.82 Å². The number of pyridine rings is 1. The maximum Gasteiger partial charge on any atom is 0.406 e. The molecule has 9 heteroatoms. The Bertz CT molecular complexity index is 543. The van der Waals surface area contributed by atoms with Crippen LogP contribution >= 0.6 is 11.3 Å². The lowest BCUT2D eigenvalue weighted by molar-refractivity contribution is -0.390. The van der Waals surface area contributed by atoms with Crippen LogP contribution in [0.1, 0.15) is 5.01 Å². The van der Waals surface area contributed by atoms with Crippen molar-refractivity contribution in [1.29, 1.82) is 0 Å². The minimum absolute atomic E-state index is 0.0708. The van der Waals surface area contributed by atoms with Gasteiger partial charge in [0, 0.05) is 0 Å². The zero-order valence-electron chi connectivity index (χ0n) is 8.44. The number of nitrogen functional groups attached to an aromatic ring is 1. The van der Waals surface area contributed by atoms with Gasteiger partial charge in [0.25, 0.3) is 0 Å². The minimum atomic E-state index is -0.607. The van der Waals surface area contributed by atoms with Crippen LogP contribution in [0.3, 0.4) is 0 Å². The summed E-state index contributed by atoms with van der Waals surface area (Å²) in [4.78, 5) is 13.7. The van der Waals surface area contributed by atoms with Crippen LogP contribution in [0.15, 0.2) is 18.3 Å². The quantitative estimate of drug-likeness (QED) is 0.637. The van der Waals surface area contributed by atoms with E-state index in [2.05, 4.69) is 15.2 Å². The van der Waals surface area contributed by atoms with Crippen molar-refractivity contribution in [3.05, 3.63) is 33.5 Å². The van der Waals surface area contributed by atoms with Crippen LogP contribution in [0, 0.1) is 10.1 Å². The lowest BCUT2D eigenvalue weighted by Gasteiger charge is -2.02. The summed E-state index contributed by atoms with van der Waals surface area (Å²) in [7, 11) is 0. The highest BCUT2D eigenvalue weighted by atomic mass is 32.1. The number of nitro groups is 1. The van der Waals surface area contributed by atoms with E-state index >= 15 is 0 Å². The van der Waals surface area contributed by atoms with Gasteiger partial charge in [-0.25, -0.2) is 0 Å². The molecule has 2 rings (SSSR count). The zero-order chi connectivity index (χ0) is 12.3. The normalized spacial score (nSPS) is 10.1. The van der Waals surface area contributed by atoms with Crippen LogP contribution in [-0.2, 0) is 6.61 Å². The van der Waals surface area contributed by atoms with Crippen molar-refractivity contribution in [2.45, 2.75) is 6.61 Å². The van der Waals surface area contributed by atoms with E-state index in [0.29, 0.717) is 10.1 Å². The van der Waals surface area contributed by atoms with Crippen molar-refractivity contribution >= 4 is 22.3 Å². The second kappa shape index (κ2) is 4.70. The molecule has 2 aromatic rings. The molecule has 0 unspecified atom stereocenters. The molecule has 0 fully saturated rings. The maximum absolute atomic E-state index is 10.7. The summed E-state index contributed by atoms with van der Waals surface area (Å²) in [5.74, 6) is -0.240. The molecule has 2 N–H and O–H groups in total. The number of aromatic nitrogens is 3. The van der Waals surface area contributed by atoms with Crippen LogP contribution < -0.4 is 10.5 Å². The lowest BCUT2D eigenvalue weighted by atomic mass is 10.4. The van der Waals surface area contributed by atoms with Crippen molar-refractivity contribution in [2.75, 3.05) is 5.73 Å². The number of ether oxygens (including phenoxy) is 1. The van der Waals surface area contributed by atoms with Gasteiger partial charge in [-0.1, -0.05) is 11.3 Å². The molecule has 17 heavy (non-hydrogen) atoms. The molecule has 0 aliphatic carbocycles. The van der Waals surface area contributed by atoms with Crippen molar-refractivity contribution in [1.82, 2.24) is 15.2 Å². The largest absolute Gasteiger partial charge is 0.478 e. The standard InChI is InChI=1S/C8H7N5O3S/c9-8-12-11-6(17-8)4-16-5-2-1-3-10-7(5)13(14)15/h1-3H,4H2,(H2,9,12). The van der Waals surface area contributed by atoms with Crippen LogP contribution in [0.2, 0.25) is 0 Å². The highest BCUT2D eigenvalue weighted by Gasteiger charge is 2.16. The fourth-order valence-electron chi connectivity index (χ4n) is 1.10. The molecule has 0 bridgehead atoms. The number of hydrogen-bond donors (Lipinski definition) is 1. The summed E-state index contributed by atoms with van der Waals surface area (Å²) in [6, 6.07) is 3.02. The second-order valence-electron chi connectivity index (χ2n) is 2.90. The molecule has 2 aromatic heterocycles. The second-order valence-corrected chi connectivity index (χ2v) is 4.00. The average Bonchev–Trinajstić information content (AvgIpc) is 2.73. The average molecular weight is 253 g/mol. The fourth-order valence-corrected chi connectivity index (χ4v) is 1.62. The molecule has 0 radical (unpaired) electrons. The van der Waals surface area contributed by atoms with Crippen molar-refractivity contribution in [3.63, 3.8) is 0 Å². The predicted octanol–water partition coefficient (Wildman–Crippen LogP) is 1.00. The molecule has 0 atom stereocenters. The monoisotopic (exact) mass is 253 g/mol. The van der Waals surface area contributed by atoms with Gasteiger partial charge in [-0.15, -0.1) is 10.2 Å². The highest BCUT2D eigenvalue weighted by molar-refractivity contribution is 7.15. The highest BCUT2D eigenvalue weighted by Crippen LogP contribution is 2.24. The zero-order valence-corrected chi connectivity index (χ0v) is 9.25. The molecular weight excluding hydrogens is 246 g/mol. The third-order valence-corrected chi connectivity index (χ3v) is 2.48. The van der Waals surface area contributed by atoms with Crippen molar-refractivity contribution in [2.24, 2.45) is 0 Å². The Kier molecular flexibility index (Phi) is 3.10. The molecule has 0 saturated carbocycles. The van der Waals surface area contributed by atoms with Crippen LogP contribution in [-0.4, -0.2) is 20.1 Å². The molecule has 2 heterocycles. The van der Waals surface area contributed by atoms with Gasteiger partial charge in [-0.2, -0.15) is 0 Å². The summed E-state index contributed by atoms with van der Waals surface area (Å²) < 4.78 is 5.25. The maximum atomic E-state index is 10.7. The Balaban J connectivity index is 2.11. The summed E-state index contributed by atoms with van der Waals surface area (Å²) >= 11 is 1.16. The van der Waals surface area contributed by atoms with Crippen molar-refractivity contribution in [3.8, 4) is 5.75 Å². The van der Waals surface area contributed by atoms with E-state index in [1.54, 1.807) is 6.07 Å². The van der Waals surface area contributed by atoms with E-state index in [0.717, 1.165) is 11.3 Å². The van der Waals surface area contributed by atoms with E-state index in [-0.39, 0.29) is 18.2 Å². The smallest absolute Gasteiger partial charge is 0.406 e. The third kappa shape index (κ3) is 2.64. The molecule has 0 amide bonds. The molecule has 0 saturated heterocycles. The summed E-state index contributed by atoms with van der Waals surface area (Å²) in [6.07, 6.45) is 1.33. The predicted molar refractivity (Wildman–Crippen MR) is 59.5 cm³/mol. The lowest BCUT2D eigenvalue weighted by Crippen LogP contribution is -2.00. The van der Waals surface area contributed by atoms with E-state index in [4.69, 9.17) is 10.5 Å². The van der Waals surface area contributed by atoms with Gasteiger partial charge in [0.1, 0.15) is 12.8 Å². The van der Waals surface area contributed by atoms with Gasteiger partial charge in [-0.05, 0) is 22.0 Å². The number of hydrogen-bond acceptors (Lipinski definition) is 8. The molecule has 88 valence electrons. The Labute approximate surface area is 99.2 Å². The Morgan fingerprint density at radius 1 is 1.53 bits per heavy atom. The fraction of sp³-hybridized carbons (Fsp3) is 0.125. The summed E-state index contributed by atoms with van der Waals surface area (Å²) in [6.45, 7) is 0.0708.